The van der Waals surface area contributed by atoms with Crippen LogP contribution in [0.25, 0.3) is 11.3 Å². The van der Waals surface area contributed by atoms with Crippen LogP contribution in [0, 0.1) is 5.41 Å². The Morgan fingerprint density at radius 3 is 2.68 bits per heavy atom. The normalized spacial score (nSPS) is 18.2. The number of rotatable bonds is 7. The zero-order chi connectivity index (χ0) is 24.3. The first-order valence-corrected chi connectivity index (χ1v) is 11.9. The highest BCUT2D eigenvalue weighted by Crippen LogP contribution is 2.38. The molecule has 182 valence electrons. The number of nitrogens with one attached hydrogen (secondary N) is 1. The Morgan fingerprint density at radius 2 is 2.03 bits per heavy atom. The fraction of sp³-hybridized carbons (Fsp3) is 0.519. The first-order chi connectivity index (χ1) is 16.2. The van der Waals surface area contributed by atoms with E-state index in [0.717, 1.165) is 49.5 Å². The lowest BCUT2D eigenvalue weighted by Gasteiger charge is -2.49. The van der Waals surface area contributed by atoms with Crippen molar-refractivity contribution in [2.75, 3.05) is 39.8 Å². The highest BCUT2D eigenvalue weighted by Gasteiger charge is 2.45. The van der Waals surface area contributed by atoms with Gasteiger partial charge in [-0.15, -0.1) is 0 Å². The summed E-state index contributed by atoms with van der Waals surface area (Å²) in [7, 11) is 1.52. The summed E-state index contributed by atoms with van der Waals surface area (Å²) in [4.78, 5) is 26.6. The van der Waals surface area contributed by atoms with E-state index in [4.69, 9.17) is 9.47 Å². The molecule has 0 unspecified atom stereocenters. The highest BCUT2D eigenvalue weighted by atomic mass is 16.6. The van der Waals surface area contributed by atoms with Crippen LogP contribution < -0.4 is 5.32 Å². The monoisotopic (exact) mass is 465 g/mol. The molecular formula is C27H35N3O4. The maximum Gasteiger partial charge on any atom is 0.418 e. The van der Waals surface area contributed by atoms with Gasteiger partial charge in [0.25, 0.3) is 0 Å². The van der Waals surface area contributed by atoms with Crippen LogP contribution in [-0.4, -0.2) is 66.9 Å². The van der Waals surface area contributed by atoms with E-state index in [0.29, 0.717) is 17.6 Å². The molecule has 2 aliphatic heterocycles. The van der Waals surface area contributed by atoms with Crippen molar-refractivity contribution < 1.29 is 19.1 Å². The molecule has 4 rings (SSSR count). The third-order valence-corrected chi connectivity index (χ3v) is 6.71. The lowest BCUT2D eigenvalue weighted by Crippen LogP contribution is -2.58. The molecule has 34 heavy (non-hydrogen) atoms. The van der Waals surface area contributed by atoms with Gasteiger partial charge in [0, 0.05) is 50.1 Å². The molecule has 0 bridgehead atoms. The summed E-state index contributed by atoms with van der Waals surface area (Å²) in [6, 6.07) is 11.9. The number of nitrogens with zero attached hydrogens (tertiary/aromatic N) is 2. The molecule has 2 aliphatic rings. The van der Waals surface area contributed by atoms with E-state index >= 15 is 0 Å². The molecule has 2 aromatic rings. The number of hydrogen-bond acceptors (Lipinski definition) is 6. The second kappa shape index (κ2) is 9.79. The fourth-order valence-electron chi connectivity index (χ4n) is 5.13. The number of hydrogen-bond donors (Lipinski definition) is 1. The SMILES string of the molecule is COC(=C=O)C[C@H](CN1CC2(CCNC2)C1)c1cccc(-c2cccn2C(=O)OC(C)(C)C)c1. The molecular weight excluding hydrogens is 430 g/mol. The lowest BCUT2D eigenvalue weighted by atomic mass is 9.78. The summed E-state index contributed by atoms with van der Waals surface area (Å²) < 4.78 is 12.4. The predicted molar refractivity (Wildman–Crippen MR) is 131 cm³/mol. The minimum atomic E-state index is -0.577. The van der Waals surface area contributed by atoms with E-state index < -0.39 is 11.7 Å². The number of allylic oxidation sites excluding steroid dienone is 1. The Balaban J connectivity index is 1.57. The van der Waals surface area contributed by atoms with Crippen LogP contribution in [0.3, 0.4) is 0 Å². The van der Waals surface area contributed by atoms with Gasteiger partial charge in [-0.2, -0.15) is 0 Å². The van der Waals surface area contributed by atoms with Crippen LogP contribution in [0.2, 0.25) is 0 Å². The van der Waals surface area contributed by atoms with Crippen molar-refractivity contribution in [1.82, 2.24) is 14.8 Å². The minimum absolute atomic E-state index is 0.0769. The van der Waals surface area contributed by atoms with Crippen molar-refractivity contribution in [2.24, 2.45) is 5.41 Å². The number of ether oxygens (including phenoxy) is 2. The van der Waals surface area contributed by atoms with Gasteiger partial charge in [0.05, 0.1) is 12.8 Å². The molecule has 1 atom stereocenters. The molecule has 0 aliphatic carbocycles. The first-order valence-electron chi connectivity index (χ1n) is 11.9. The summed E-state index contributed by atoms with van der Waals surface area (Å²) in [5.41, 5.74) is 2.63. The quantitative estimate of drug-likeness (QED) is 0.491. The van der Waals surface area contributed by atoms with Gasteiger partial charge in [-0.1, -0.05) is 18.2 Å². The van der Waals surface area contributed by atoms with E-state index in [9.17, 15) is 9.59 Å². The summed E-state index contributed by atoms with van der Waals surface area (Å²) >= 11 is 0. The molecule has 7 heteroatoms. The van der Waals surface area contributed by atoms with Gasteiger partial charge < -0.3 is 19.7 Å². The average Bonchev–Trinajstić information content (AvgIpc) is 3.45. The largest absolute Gasteiger partial charge is 0.490 e. The van der Waals surface area contributed by atoms with E-state index in [1.807, 2.05) is 51.0 Å². The van der Waals surface area contributed by atoms with Crippen LogP contribution in [0.15, 0.2) is 48.4 Å². The third kappa shape index (κ3) is 5.44. The Morgan fingerprint density at radius 1 is 1.24 bits per heavy atom. The van der Waals surface area contributed by atoms with Gasteiger partial charge in [-0.25, -0.2) is 9.59 Å². The van der Waals surface area contributed by atoms with Gasteiger partial charge in [0.2, 0.25) is 0 Å². The predicted octanol–water partition coefficient (Wildman–Crippen LogP) is 4.07. The van der Waals surface area contributed by atoms with Crippen molar-refractivity contribution in [3.05, 3.63) is 53.9 Å². The molecule has 7 nitrogen and oxygen atoms in total. The highest BCUT2D eigenvalue weighted by molar-refractivity contribution is 5.79. The van der Waals surface area contributed by atoms with Crippen molar-refractivity contribution in [3.63, 3.8) is 0 Å². The van der Waals surface area contributed by atoms with Crippen LogP contribution in [0.5, 0.6) is 0 Å². The minimum Gasteiger partial charge on any atom is -0.490 e. The zero-order valence-electron chi connectivity index (χ0n) is 20.6. The Kier molecular flexibility index (Phi) is 6.99. The molecule has 1 aromatic heterocycles. The van der Waals surface area contributed by atoms with Crippen LogP contribution in [0.1, 0.15) is 45.1 Å². The lowest BCUT2D eigenvalue weighted by molar-refractivity contribution is 0.0115. The van der Waals surface area contributed by atoms with Gasteiger partial charge in [-0.3, -0.25) is 4.57 Å². The van der Waals surface area contributed by atoms with E-state index in [1.165, 1.54) is 18.1 Å². The molecule has 0 radical (unpaired) electrons. The van der Waals surface area contributed by atoms with Crippen molar-refractivity contribution in [3.8, 4) is 11.3 Å². The van der Waals surface area contributed by atoms with Crippen molar-refractivity contribution >= 4 is 12.0 Å². The van der Waals surface area contributed by atoms with Crippen LogP contribution in [-0.2, 0) is 14.3 Å². The first kappa shape index (κ1) is 24.3. The van der Waals surface area contributed by atoms with Crippen LogP contribution >= 0.6 is 0 Å². The van der Waals surface area contributed by atoms with Gasteiger partial charge in [0.15, 0.2) is 11.7 Å². The number of benzene rings is 1. The van der Waals surface area contributed by atoms with Crippen molar-refractivity contribution in [1.29, 1.82) is 0 Å². The second-order valence-electron chi connectivity index (χ2n) is 10.6. The van der Waals surface area contributed by atoms with Crippen LogP contribution in [0.4, 0.5) is 4.79 Å². The number of methoxy groups -OCH3 is 1. The van der Waals surface area contributed by atoms with E-state index in [-0.39, 0.29) is 5.92 Å². The number of carbonyl (C=O) groups excluding carboxylic acids is 2. The van der Waals surface area contributed by atoms with Gasteiger partial charge >= 0.3 is 6.09 Å². The Bertz CT molecular complexity index is 1060. The third-order valence-electron chi connectivity index (χ3n) is 6.71. The summed E-state index contributed by atoms with van der Waals surface area (Å²) in [5, 5.41) is 3.48. The Labute approximate surface area is 201 Å². The molecule has 0 amide bonds. The number of likely N-dealkylation sites (tertiary alicyclic amines) is 1. The second-order valence-corrected chi connectivity index (χ2v) is 10.6. The number of aromatic nitrogens is 1. The average molecular weight is 466 g/mol. The van der Waals surface area contributed by atoms with Gasteiger partial charge in [0.1, 0.15) is 5.60 Å². The van der Waals surface area contributed by atoms with Gasteiger partial charge in [-0.05, 0) is 63.1 Å². The summed E-state index contributed by atoms with van der Waals surface area (Å²) in [6.07, 6.45) is 3.03. The zero-order valence-corrected chi connectivity index (χ0v) is 20.6. The molecule has 1 spiro atoms. The number of carbonyl (C=O) groups is 1. The molecule has 3 heterocycles. The topological polar surface area (TPSA) is 72.8 Å². The fourth-order valence-corrected chi connectivity index (χ4v) is 5.13. The molecule has 2 fully saturated rings. The summed E-state index contributed by atoms with van der Waals surface area (Å²) in [5.74, 6) is 2.35. The van der Waals surface area contributed by atoms with E-state index in [2.05, 4.69) is 22.3 Å². The molecule has 0 saturated carbocycles. The maximum atomic E-state index is 12.7. The molecule has 1 aromatic carbocycles. The molecule has 1 N–H and O–H groups in total. The van der Waals surface area contributed by atoms with Crippen molar-refractivity contribution in [2.45, 2.75) is 45.1 Å². The Hall–Kier alpha value is -2.86. The standard InChI is InChI=1S/C27H35N3O4/c1-26(2,3)34-25(32)30-12-6-9-24(30)21-8-5-7-20(13-21)22(14-23(16-31)33-4)15-29-18-27(19-29)10-11-28-17-27/h5-9,12-13,22,28H,10-11,14-15,17-19H2,1-4H3/t22-/m1/s1. The molecule has 2 saturated heterocycles. The maximum absolute atomic E-state index is 12.7. The summed E-state index contributed by atoms with van der Waals surface area (Å²) in [6.45, 7) is 10.7. The van der Waals surface area contributed by atoms with E-state index in [1.54, 1.807) is 6.20 Å². The smallest absolute Gasteiger partial charge is 0.418 e.